The average Bonchev–Trinajstić information content (AvgIpc) is 2.93. The number of hydrogen-bond donors (Lipinski definition) is 2. The number of rotatable bonds is 2. The lowest BCUT2D eigenvalue weighted by Gasteiger charge is -2.14. The number of nitrogens with zero attached hydrogens (tertiary/aromatic N) is 3. The van der Waals surface area contributed by atoms with Crippen molar-refractivity contribution in [1.29, 1.82) is 0 Å². The van der Waals surface area contributed by atoms with Crippen molar-refractivity contribution in [2.45, 2.75) is 24.9 Å². The predicted molar refractivity (Wildman–Crippen MR) is 62.4 cm³/mol. The highest BCUT2D eigenvalue weighted by Crippen LogP contribution is 2.33. The lowest BCUT2D eigenvalue weighted by atomic mass is 10.2. The van der Waals surface area contributed by atoms with Gasteiger partial charge in [0.25, 0.3) is 0 Å². The highest BCUT2D eigenvalue weighted by atomic mass is 19.1. The Hall–Kier alpha value is -1.73. The zero-order valence-electron chi connectivity index (χ0n) is 9.53. The summed E-state index contributed by atoms with van der Waals surface area (Å²) in [6.07, 6.45) is 0.887. The molecule has 3 atom stereocenters. The molecule has 0 bridgehead atoms. The fourth-order valence-electron chi connectivity index (χ4n) is 2.25. The quantitative estimate of drug-likeness (QED) is 0.818. The van der Waals surface area contributed by atoms with Gasteiger partial charge in [0.05, 0.1) is 12.0 Å². The maximum absolute atomic E-state index is 13.6. The molecule has 2 aromatic rings. The van der Waals surface area contributed by atoms with E-state index in [1.54, 1.807) is 16.8 Å². The zero-order chi connectivity index (χ0) is 12.7. The number of nitrogen functional groups attached to an aromatic ring is 1. The molecule has 3 heterocycles. The molecule has 2 aromatic heterocycles. The summed E-state index contributed by atoms with van der Waals surface area (Å²) in [5, 5.41) is 9.70. The minimum atomic E-state index is -1.17. The number of anilines is 1. The van der Waals surface area contributed by atoms with Gasteiger partial charge in [0.1, 0.15) is 36.3 Å². The van der Waals surface area contributed by atoms with Crippen LogP contribution in [0.3, 0.4) is 0 Å². The van der Waals surface area contributed by atoms with Gasteiger partial charge in [0.15, 0.2) is 0 Å². The van der Waals surface area contributed by atoms with Crippen molar-refractivity contribution >= 4 is 16.9 Å². The Bertz CT molecular complexity index is 573. The van der Waals surface area contributed by atoms with Crippen LogP contribution < -0.4 is 5.73 Å². The van der Waals surface area contributed by atoms with Gasteiger partial charge in [-0.1, -0.05) is 0 Å². The average molecular weight is 252 g/mol. The van der Waals surface area contributed by atoms with Crippen LogP contribution in [0.25, 0.3) is 11.0 Å². The van der Waals surface area contributed by atoms with Crippen LogP contribution in [0, 0.1) is 0 Å². The summed E-state index contributed by atoms with van der Waals surface area (Å²) in [4.78, 5) is 8.02. The number of aliphatic hydroxyl groups excluding tert-OH is 1. The standard InChI is InChI=1S/C11H13FN4O2/c12-7-3-9(18-8(7)4-17)16-2-1-6-10(13)14-5-15-11(6)16/h1-2,5,7-9,17H,3-4H2,(H2,13,14,15)/t7?,8-,9-/m1/s1. The third kappa shape index (κ3) is 1.63. The normalized spacial score (nSPS) is 28.0. The predicted octanol–water partition coefficient (Wildman–Crippen LogP) is 0.631. The van der Waals surface area contributed by atoms with Gasteiger partial charge in [0, 0.05) is 12.6 Å². The van der Waals surface area contributed by atoms with Crippen LogP contribution in [-0.4, -0.2) is 38.5 Å². The van der Waals surface area contributed by atoms with E-state index in [0.717, 1.165) is 0 Å². The Balaban J connectivity index is 1.99. The molecule has 3 rings (SSSR count). The molecule has 0 amide bonds. The molecule has 1 aliphatic heterocycles. The van der Waals surface area contributed by atoms with Gasteiger partial charge in [-0.3, -0.25) is 0 Å². The molecule has 1 fully saturated rings. The van der Waals surface area contributed by atoms with Crippen molar-refractivity contribution in [3.05, 3.63) is 18.6 Å². The fourth-order valence-corrected chi connectivity index (χ4v) is 2.25. The van der Waals surface area contributed by atoms with E-state index in [4.69, 9.17) is 15.6 Å². The molecule has 96 valence electrons. The van der Waals surface area contributed by atoms with E-state index in [1.165, 1.54) is 6.33 Å². The molecule has 1 saturated heterocycles. The van der Waals surface area contributed by atoms with Crippen LogP contribution in [0.1, 0.15) is 12.6 Å². The smallest absolute Gasteiger partial charge is 0.147 e. The molecule has 0 spiro atoms. The second-order valence-corrected chi connectivity index (χ2v) is 4.28. The van der Waals surface area contributed by atoms with E-state index in [1.807, 2.05) is 0 Å². The van der Waals surface area contributed by atoms with Crippen LogP contribution in [0.2, 0.25) is 0 Å². The molecule has 3 N–H and O–H groups in total. The molecule has 18 heavy (non-hydrogen) atoms. The Kier molecular flexibility index (Phi) is 2.64. The highest BCUT2D eigenvalue weighted by Gasteiger charge is 2.36. The van der Waals surface area contributed by atoms with Gasteiger partial charge in [-0.25, -0.2) is 14.4 Å². The SMILES string of the molecule is Nc1ncnc2c1ccn2[C@H]1CC(F)[C@@H](CO)O1. The second-order valence-electron chi connectivity index (χ2n) is 4.28. The minimum absolute atomic E-state index is 0.193. The van der Waals surface area contributed by atoms with E-state index in [0.29, 0.717) is 16.9 Å². The van der Waals surface area contributed by atoms with E-state index >= 15 is 0 Å². The topological polar surface area (TPSA) is 86.2 Å². The maximum atomic E-state index is 13.6. The van der Waals surface area contributed by atoms with Crippen LogP contribution in [0.4, 0.5) is 10.2 Å². The Morgan fingerprint density at radius 2 is 2.39 bits per heavy atom. The Morgan fingerprint density at radius 1 is 1.56 bits per heavy atom. The maximum Gasteiger partial charge on any atom is 0.147 e. The largest absolute Gasteiger partial charge is 0.394 e. The van der Waals surface area contributed by atoms with E-state index < -0.39 is 18.5 Å². The summed E-state index contributed by atoms with van der Waals surface area (Å²) in [5.74, 6) is 0.382. The van der Waals surface area contributed by atoms with Gasteiger partial charge < -0.3 is 20.1 Å². The Labute approximate surface area is 102 Å². The van der Waals surface area contributed by atoms with E-state index in [-0.39, 0.29) is 13.0 Å². The van der Waals surface area contributed by atoms with Crippen LogP contribution in [0.5, 0.6) is 0 Å². The molecule has 0 radical (unpaired) electrons. The first-order valence-corrected chi connectivity index (χ1v) is 5.68. The summed E-state index contributed by atoms with van der Waals surface area (Å²) in [5.41, 5.74) is 6.34. The molecule has 0 saturated carbocycles. The first kappa shape index (κ1) is 11.4. The number of ether oxygens (including phenoxy) is 1. The summed E-state index contributed by atoms with van der Waals surface area (Å²) in [7, 11) is 0. The number of fused-ring (bicyclic) bond motifs is 1. The molecule has 0 aliphatic carbocycles. The molecular formula is C11H13FN4O2. The molecule has 7 heteroatoms. The number of halogens is 1. The van der Waals surface area contributed by atoms with E-state index in [2.05, 4.69) is 9.97 Å². The summed E-state index contributed by atoms with van der Waals surface area (Å²) >= 11 is 0. The van der Waals surface area contributed by atoms with Crippen molar-refractivity contribution in [3.63, 3.8) is 0 Å². The van der Waals surface area contributed by atoms with Crippen molar-refractivity contribution < 1.29 is 14.2 Å². The number of hydrogen-bond acceptors (Lipinski definition) is 5. The summed E-state index contributed by atoms with van der Waals surface area (Å²) in [6, 6.07) is 1.77. The summed E-state index contributed by atoms with van der Waals surface area (Å²) < 4.78 is 20.7. The summed E-state index contributed by atoms with van der Waals surface area (Å²) in [6.45, 7) is -0.325. The van der Waals surface area contributed by atoms with Crippen molar-refractivity contribution in [2.75, 3.05) is 12.3 Å². The highest BCUT2D eigenvalue weighted by molar-refractivity contribution is 5.86. The van der Waals surface area contributed by atoms with Crippen molar-refractivity contribution in [1.82, 2.24) is 14.5 Å². The molecule has 1 unspecified atom stereocenters. The first-order valence-electron chi connectivity index (χ1n) is 5.68. The lowest BCUT2D eigenvalue weighted by Crippen LogP contribution is -2.21. The van der Waals surface area contributed by atoms with Gasteiger partial charge >= 0.3 is 0 Å². The van der Waals surface area contributed by atoms with Crippen molar-refractivity contribution in [2.24, 2.45) is 0 Å². The van der Waals surface area contributed by atoms with Gasteiger partial charge in [-0.15, -0.1) is 0 Å². The van der Waals surface area contributed by atoms with Crippen LogP contribution in [0.15, 0.2) is 18.6 Å². The molecular weight excluding hydrogens is 239 g/mol. The number of nitrogens with two attached hydrogens (primary N) is 1. The van der Waals surface area contributed by atoms with E-state index in [9.17, 15) is 4.39 Å². The third-order valence-electron chi connectivity index (χ3n) is 3.19. The number of alkyl halides is 1. The second kappa shape index (κ2) is 4.18. The minimum Gasteiger partial charge on any atom is -0.394 e. The number of aromatic nitrogens is 3. The van der Waals surface area contributed by atoms with Gasteiger partial charge in [-0.2, -0.15) is 0 Å². The van der Waals surface area contributed by atoms with Crippen LogP contribution >= 0.6 is 0 Å². The lowest BCUT2D eigenvalue weighted by molar-refractivity contribution is -0.0321. The van der Waals surface area contributed by atoms with Gasteiger partial charge in [0.2, 0.25) is 0 Å². The van der Waals surface area contributed by atoms with Gasteiger partial charge in [-0.05, 0) is 6.07 Å². The monoisotopic (exact) mass is 252 g/mol. The fraction of sp³-hybridized carbons (Fsp3) is 0.455. The third-order valence-corrected chi connectivity index (χ3v) is 3.19. The molecule has 6 nitrogen and oxygen atoms in total. The first-order chi connectivity index (χ1) is 8.70. The Morgan fingerprint density at radius 3 is 3.11 bits per heavy atom. The van der Waals surface area contributed by atoms with Crippen molar-refractivity contribution in [3.8, 4) is 0 Å². The number of aliphatic hydroxyl groups is 1. The molecule has 1 aliphatic rings. The molecule has 0 aromatic carbocycles. The van der Waals surface area contributed by atoms with Crippen LogP contribution in [-0.2, 0) is 4.74 Å². The zero-order valence-corrected chi connectivity index (χ0v) is 9.53.